The molecule has 0 saturated carbocycles. The predicted octanol–water partition coefficient (Wildman–Crippen LogP) is 13.4. The first-order valence-electron chi connectivity index (χ1n) is 21.0. The van der Waals surface area contributed by atoms with Gasteiger partial charge in [0.25, 0.3) is 0 Å². The SMILES string of the molecule is C[Si]1(C)c2ccccc2C2(c3ccccc3-n3c4ccccc4c4cccc2c43)c2cc(N(c3ccc(-c4ccccc4)cc3)c3ccc(-c4ccccc4)cc3)ccc21. The Kier molecular flexibility index (Phi) is 7.63. The molecular weight excluding hydrogens is 741 g/mol. The molecule has 284 valence electrons. The van der Waals surface area contributed by atoms with Crippen LogP contribution in [0.3, 0.4) is 0 Å². The molecule has 1 unspecified atom stereocenters. The van der Waals surface area contributed by atoms with E-state index < -0.39 is 13.5 Å². The Morgan fingerprint density at radius 1 is 0.383 bits per heavy atom. The van der Waals surface area contributed by atoms with Gasteiger partial charge in [0.1, 0.15) is 8.07 Å². The normalized spacial score (nSPS) is 15.7. The molecule has 0 bridgehead atoms. The molecule has 3 heteroatoms. The van der Waals surface area contributed by atoms with Gasteiger partial charge in [0.2, 0.25) is 0 Å². The third-order valence-electron chi connectivity index (χ3n) is 13.5. The molecule has 12 rings (SSSR count). The fourth-order valence-corrected chi connectivity index (χ4v) is 13.9. The zero-order valence-electron chi connectivity index (χ0n) is 33.7. The van der Waals surface area contributed by atoms with Gasteiger partial charge >= 0.3 is 0 Å². The van der Waals surface area contributed by atoms with Crippen LogP contribution in [-0.2, 0) is 5.41 Å². The number of rotatable bonds is 5. The Morgan fingerprint density at radius 2 is 0.883 bits per heavy atom. The maximum absolute atomic E-state index is 2.56. The first-order valence-corrected chi connectivity index (χ1v) is 24.0. The van der Waals surface area contributed by atoms with E-state index in [-0.39, 0.29) is 0 Å². The van der Waals surface area contributed by atoms with Gasteiger partial charge in [-0.15, -0.1) is 0 Å². The quantitative estimate of drug-likeness (QED) is 0.158. The number of aromatic nitrogens is 1. The van der Waals surface area contributed by atoms with Gasteiger partial charge in [-0.25, -0.2) is 0 Å². The lowest BCUT2D eigenvalue weighted by Crippen LogP contribution is -2.63. The number of hydrogen-bond donors (Lipinski definition) is 0. The van der Waals surface area contributed by atoms with Crippen molar-refractivity contribution in [3.05, 3.63) is 241 Å². The van der Waals surface area contributed by atoms with Crippen LogP contribution in [0.15, 0.2) is 218 Å². The molecule has 0 amide bonds. The molecule has 2 aliphatic heterocycles. The summed E-state index contributed by atoms with van der Waals surface area (Å²) in [6.07, 6.45) is 0. The zero-order valence-corrected chi connectivity index (χ0v) is 34.7. The molecule has 0 fully saturated rings. The molecule has 1 aromatic heterocycles. The average molecular weight is 783 g/mol. The van der Waals surface area contributed by atoms with Crippen molar-refractivity contribution in [1.29, 1.82) is 0 Å². The summed E-state index contributed by atoms with van der Waals surface area (Å²) < 4.78 is 2.54. The number of benzene rings is 9. The van der Waals surface area contributed by atoms with E-state index in [1.54, 1.807) is 0 Å². The van der Waals surface area contributed by atoms with E-state index in [2.05, 4.69) is 241 Å². The van der Waals surface area contributed by atoms with Crippen LogP contribution >= 0.6 is 0 Å². The Balaban J connectivity index is 1.15. The molecule has 0 aliphatic carbocycles. The van der Waals surface area contributed by atoms with Crippen LogP contribution in [0, 0.1) is 0 Å². The molecule has 2 aliphatic rings. The van der Waals surface area contributed by atoms with Crippen molar-refractivity contribution in [3.63, 3.8) is 0 Å². The van der Waals surface area contributed by atoms with Crippen molar-refractivity contribution in [2.45, 2.75) is 18.5 Å². The topological polar surface area (TPSA) is 8.17 Å². The van der Waals surface area contributed by atoms with E-state index in [0.717, 1.165) is 17.1 Å². The Morgan fingerprint density at radius 3 is 1.57 bits per heavy atom. The minimum absolute atomic E-state index is 0.551. The van der Waals surface area contributed by atoms with E-state index >= 15 is 0 Å². The van der Waals surface area contributed by atoms with Crippen molar-refractivity contribution >= 4 is 57.3 Å². The largest absolute Gasteiger partial charge is 0.310 e. The highest BCUT2D eigenvalue weighted by atomic mass is 28.3. The summed E-state index contributed by atoms with van der Waals surface area (Å²) in [5, 5.41) is 5.58. The fraction of sp³-hybridized carbons (Fsp3) is 0.0526. The number of hydrogen-bond acceptors (Lipinski definition) is 1. The van der Waals surface area contributed by atoms with Gasteiger partial charge in [-0.2, -0.15) is 0 Å². The van der Waals surface area contributed by atoms with E-state index in [1.807, 2.05) is 0 Å². The summed E-state index contributed by atoms with van der Waals surface area (Å²) in [5.41, 5.74) is 16.9. The van der Waals surface area contributed by atoms with Crippen molar-refractivity contribution in [3.8, 4) is 27.9 Å². The summed E-state index contributed by atoms with van der Waals surface area (Å²) >= 11 is 0. The summed E-state index contributed by atoms with van der Waals surface area (Å²) in [6, 6.07) is 81.5. The van der Waals surface area contributed by atoms with Crippen LogP contribution in [0.2, 0.25) is 13.1 Å². The monoisotopic (exact) mass is 782 g/mol. The minimum Gasteiger partial charge on any atom is -0.310 e. The number of fused-ring (bicyclic) bond motifs is 11. The van der Waals surface area contributed by atoms with Gasteiger partial charge in [0.05, 0.1) is 22.1 Å². The van der Waals surface area contributed by atoms with Gasteiger partial charge in [-0.05, 0) is 103 Å². The summed E-state index contributed by atoms with van der Waals surface area (Å²) in [5.74, 6) is 0. The lowest BCUT2D eigenvalue weighted by Gasteiger charge is -2.50. The molecule has 10 aromatic rings. The highest BCUT2D eigenvalue weighted by Gasteiger charge is 2.53. The van der Waals surface area contributed by atoms with Gasteiger partial charge in [-0.3, -0.25) is 0 Å². The smallest absolute Gasteiger partial charge is 0.113 e. The van der Waals surface area contributed by atoms with Crippen LogP contribution in [0.5, 0.6) is 0 Å². The number of para-hydroxylation sites is 3. The fourth-order valence-electron chi connectivity index (χ4n) is 10.8. The van der Waals surface area contributed by atoms with Crippen LogP contribution in [0.1, 0.15) is 22.3 Å². The molecule has 2 nitrogen and oxygen atoms in total. The molecule has 1 atom stereocenters. The Bertz CT molecular complexity index is 3190. The zero-order chi connectivity index (χ0) is 40.0. The van der Waals surface area contributed by atoms with E-state index in [9.17, 15) is 0 Å². The first kappa shape index (κ1) is 34.8. The highest BCUT2D eigenvalue weighted by molar-refractivity contribution is 7.01. The van der Waals surface area contributed by atoms with Gasteiger partial charge in [-0.1, -0.05) is 183 Å². The maximum Gasteiger partial charge on any atom is 0.113 e. The standard InChI is InChI=1S/C57H42N2Si/c1-60(2)54-27-14-11-23-49(54)57(48-22-10-13-26-53(48)59-52-25-12-9-20-46(52)47-21-15-24-50(57)56(47)59)51-38-45(36-37-55(51)60)58(43-32-28-41(29-33-43)39-16-5-3-6-17-39)44-34-30-42(31-35-44)40-18-7-4-8-19-40/h3-38H,1-2H3. The van der Waals surface area contributed by atoms with Crippen molar-refractivity contribution in [2.75, 3.05) is 4.90 Å². The Labute approximate surface area is 352 Å². The minimum atomic E-state index is -2.20. The molecule has 0 radical (unpaired) electrons. The third kappa shape index (κ3) is 4.87. The molecule has 0 N–H and O–H groups in total. The van der Waals surface area contributed by atoms with Crippen LogP contribution in [-0.4, -0.2) is 12.6 Å². The summed E-state index contributed by atoms with van der Waals surface area (Å²) in [4.78, 5) is 2.46. The number of anilines is 3. The molecule has 9 aromatic carbocycles. The van der Waals surface area contributed by atoms with Gasteiger partial charge in [0.15, 0.2) is 0 Å². The lowest BCUT2D eigenvalue weighted by molar-refractivity contribution is 0.732. The predicted molar refractivity (Wildman–Crippen MR) is 255 cm³/mol. The third-order valence-corrected chi connectivity index (χ3v) is 17.0. The molecule has 0 saturated heterocycles. The van der Waals surface area contributed by atoms with Crippen LogP contribution < -0.4 is 15.3 Å². The average Bonchev–Trinajstić information content (AvgIpc) is 3.65. The van der Waals surface area contributed by atoms with Gasteiger partial charge in [0, 0.05) is 27.8 Å². The second-order valence-electron chi connectivity index (χ2n) is 16.9. The molecule has 60 heavy (non-hydrogen) atoms. The molecular formula is C57H42N2Si. The maximum atomic E-state index is 2.56. The van der Waals surface area contributed by atoms with Gasteiger partial charge < -0.3 is 9.47 Å². The first-order chi connectivity index (χ1) is 29.5. The highest BCUT2D eigenvalue weighted by Crippen LogP contribution is 2.56. The van der Waals surface area contributed by atoms with Crippen molar-refractivity contribution in [2.24, 2.45) is 0 Å². The Hall–Kier alpha value is -7.20. The molecule has 3 heterocycles. The van der Waals surface area contributed by atoms with Crippen LogP contribution in [0.4, 0.5) is 17.1 Å². The van der Waals surface area contributed by atoms with E-state index in [1.165, 1.54) is 82.4 Å². The van der Waals surface area contributed by atoms with Crippen molar-refractivity contribution < 1.29 is 0 Å². The summed E-state index contributed by atoms with van der Waals surface area (Å²) in [7, 11) is -2.20. The lowest BCUT2D eigenvalue weighted by atomic mass is 9.62. The van der Waals surface area contributed by atoms with E-state index in [0.29, 0.717) is 0 Å². The van der Waals surface area contributed by atoms with Crippen LogP contribution in [0.25, 0.3) is 49.7 Å². The second-order valence-corrected chi connectivity index (χ2v) is 21.2. The second kappa shape index (κ2) is 13.2. The van der Waals surface area contributed by atoms with Crippen molar-refractivity contribution in [1.82, 2.24) is 4.57 Å². The van der Waals surface area contributed by atoms with E-state index in [4.69, 9.17) is 0 Å². The summed E-state index contributed by atoms with van der Waals surface area (Å²) in [6.45, 7) is 5.10. The molecule has 1 spiro atoms. The number of nitrogens with zero attached hydrogens (tertiary/aromatic N) is 2.